The monoisotopic (exact) mass is 321 g/mol. The van der Waals surface area contributed by atoms with Crippen LogP contribution in [0.2, 0.25) is 0 Å². The maximum Gasteiger partial charge on any atom is 0.390 e. The molecule has 0 aromatic heterocycles. The van der Waals surface area contributed by atoms with E-state index in [0.29, 0.717) is 0 Å². The summed E-state index contributed by atoms with van der Waals surface area (Å²) in [5.74, 6) is 0. The van der Waals surface area contributed by atoms with E-state index in [1.54, 1.807) is 6.92 Å². The highest BCUT2D eigenvalue weighted by Crippen LogP contribution is 2.34. The van der Waals surface area contributed by atoms with Crippen molar-refractivity contribution in [1.82, 2.24) is 5.32 Å². The third-order valence-electron chi connectivity index (χ3n) is 3.21. The lowest BCUT2D eigenvalue weighted by Crippen LogP contribution is -2.33. The van der Waals surface area contributed by atoms with E-state index in [2.05, 4.69) is 21.2 Å². The Morgan fingerprint density at radius 2 is 2.17 bits per heavy atom. The molecule has 1 aliphatic rings. The quantitative estimate of drug-likeness (QED) is 0.871. The van der Waals surface area contributed by atoms with Gasteiger partial charge >= 0.3 is 6.18 Å². The molecule has 0 aliphatic heterocycles. The molecule has 0 radical (unpaired) electrons. The first kappa shape index (κ1) is 13.9. The Kier molecular flexibility index (Phi) is 4.02. The van der Waals surface area contributed by atoms with E-state index in [0.717, 1.165) is 22.9 Å². The Labute approximate surface area is 113 Å². The van der Waals surface area contributed by atoms with Gasteiger partial charge in [0.1, 0.15) is 0 Å². The van der Waals surface area contributed by atoms with Gasteiger partial charge in [0.25, 0.3) is 0 Å². The molecule has 0 fully saturated rings. The van der Waals surface area contributed by atoms with E-state index >= 15 is 0 Å². The summed E-state index contributed by atoms with van der Waals surface area (Å²) in [4.78, 5) is 0. The molecule has 1 N–H and O–H groups in total. The largest absolute Gasteiger partial charge is 0.390 e. The predicted octanol–water partition coefficient (Wildman–Crippen LogP) is 4.37. The summed E-state index contributed by atoms with van der Waals surface area (Å²) < 4.78 is 37.9. The molecule has 1 aromatic rings. The molecule has 2 unspecified atom stereocenters. The number of aryl methyl sites for hydroxylation is 1. The molecule has 1 nitrogen and oxygen atoms in total. The van der Waals surface area contributed by atoms with Crippen molar-refractivity contribution in [2.45, 2.75) is 44.4 Å². The van der Waals surface area contributed by atoms with Gasteiger partial charge in [-0.25, -0.2) is 0 Å². The summed E-state index contributed by atoms with van der Waals surface area (Å²) in [6, 6.07) is 5.47. The molecule has 0 saturated heterocycles. The van der Waals surface area contributed by atoms with Crippen LogP contribution >= 0.6 is 15.9 Å². The number of fused-ring (bicyclic) bond motifs is 1. The summed E-state index contributed by atoms with van der Waals surface area (Å²) in [7, 11) is 0. The number of benzene rings is 1. The van der Waals surface area contributed by atoms with Crippen LogP contribution in [0, 0.1) is 0 Å². The second kappa shape index (κ2) is 5.21. The van der Waals surface area contributed by atoms with Gasteiger partial charge in [-0.2, -0.15) is 13.2 Å². The highest BCUT2D eigenvalue weighted by molar-refractivity contribution is 9.10. The minimum Gasteiger partial charge on any atom is -0.307 e. The van der Waals surface area contributed by atoms with E-state index in [4.69, 9.17) is 0 Å². The molecule has 18 heavy (non-hydrogen) atoms. The van der Waals surface area contributed by atoms with Crippen molar-refractivity contribution < 1.29 is 13.2 Å². The Balaban J connectivity index is 2.01. The van der Waals surface area contributed by atoms with Crippen molar-refractivity contribution in [3.8, 4) is 0 Å². The average molecular weight is 322 g/mol. The van der Waals surface area contributed by atoms with Gasteiger partial charge in [0, 0.05) is 16.6 Å². The van der Waals surface area contributed by atoms with Crippen molar-refractivity contribution >= 4 is 15.9 Å². The van der Waals surface area contributed by atoms with Gasteiger partial charge in [0.15, 0.2) is 0 Å². The molecule has 1 aliphatic carbocycles. The van der Waals surface area contributed by atoms with Gasteiger partial charge in [0.05, 0.1) is 6.42 Å². The molecule has 1 aromatic carbocycles. The number of alkyl halides is 3. The second-order valence-electron chi connectivity index (χ2n) is 4.82. The molecule has 0 heterocycles. The zero-order valence-electron chi connectivity index (χ0n) is 10.0. The highest BCUT2D eigenvalue weighted by atomic mass is 79.9. The summed E-state index contributed by atoms with van der Waals surface area (Å²) in [5.41, 5.74) is 2.35. The molecule has 0 saturated carbocycles. The van der Waals surface area contributed by atoms with Crippen LogP contribution in [-0.4, -0.2) is 12.2 Å². The molecule has 0 spiro atoms. The minimum atomic E-state index is -4.10. The molecular formula is C13H15BrF3N. The summed E-state index contributed by atoms with van der Waals surface area (Å²) >= 11 is 3.41. The normalized spacial score (nSPS) is 20.8. The smallest absolute Gasteiger partial charge is 0.307 e. The maximum atomic E-state index is 12.3. The summed E-state index contributed by atoms with van der Waals surface area (Å²) in [6.07, 6.45) is -3.10. The fourth-order valence-electron chi connectivity index (χ4n) is 2.51. The Morgan fingerprint density at radius 1 is 1.44 bits per heavy atom. The van der Waals surface area contributed by atoms with Crippen LogP contribution in [0.25, 0.3) is 0 Å². The zero-order chi connectivity index (χ0) is 13.3. The van der Waals surface area contributed by atoms with Crippen LogP contribution in [0.15, 0.2) is 22.7 Å². The van der Waals surface area contributed by atoms with Crippen LogP contribution in [-0.2, 0) is 6.42 Å². The van der Waals surface area contributed by atoms with Crippen molar-refractivity contribution in [3.05, 3.63) is 33.8 Å². The molecule has 2 atom stereocenters. The minimum absolute atomic E-state index is 0.0467. The number of nitrogens with one attached hydrogen (secondary N) is 1. The molecule has 0 bridgehead atoms. The van der Waals surface area contributed by atoms with Crippen LogP contribution in [0.5, 0.6) is 0 Å². The first-order valence-electron chi connectivity index (χ1n) is 5.96. The molecule has 2 rings (SSSR count). The Bertz CT molecular complexity index is 431. The highest BCUT2D eigenvalue weighted by Gasteiger charge is 2.32. The number of halogens is 4. The molecule has 5 heteroatoms. The molecule has 100 valence electrons. The zero-order valence-corrected chi connectivity index (χ0v) is 11.6. The fourth-order valence-corrected chi connectivity index (χ4v) is 2.92. The fraction of sp³-hybridized carbons (Fsp3) is 0.538. The van der Waals surface area contributed by atoms with Crippen LogP contribution < -0.4 is 5.32 Å². The van der Waals surface area contributed by atoms with Crippen LogP contribution in [0.1, 0.15) is 36.9 Å². The molecular weight excluding hydrogens is 307 g/mol. The van der Waals surface area contributed by atoms with Crippen molar-refractivity contribution in [2.24, 2.45) is 0 Å². The van der Waals surface area contributed by atoms with Crippen molar-refractivity contribution in [1.29, 1.82) is 0 Å². The van der Waals surface area contributed by atoms with E-state index in [1.165, 1.54) is 5.56 Å². The lowest BCUT2D eigenvalue weighted by atomic mass is 10.1. The van der Waals surface area contributed by atoms with Crippen LogP contribution in [0.4, 0.5) is 13.2 Å². The van der Waals surface area contributed by atoms with Crippen LogP contribution in [0.3, 0.4) is 0 Å². The molecule has 0 amide bonds. The first-order valence-corrected chi connectivity index (χ1v) is 6.75. The predicted molar refractivity (Wildman–Crippen MR) is 68.5 cm³/mol. The Hall–Kier alpha value is -0.550. The average Bonchev–Trinajstić information content (AvgIpc) is 2.57. The van der Waals surface area contributed by atoms with Crippen molar-refractivity contribution in [3.63, 3.8) is 0 Å². The third kappa shape index (κ3) is 3.48. The SMILES string of the molecule is CC(CC(F)(F)F)NC1CCc2cc(Br)ccc21. The van der Waals surface area contributed by atoms with Gasteiger partial charge in [0.2, 0.25) is 0 Å². The standard InChI is InChI=1S/C13H15BrF3N/c1-8(7-13(15,16)17)18-12-5-2-9-6-10(14)3-4-11(9)12/h3-4,6,8,12,18H,2,5,7H2,1H3. The lowest BCUT2D eigenvalue weighted by molar-refractivity contribution is -0.139. The van der Waals surface area contributed by atoms with Crippen molar-refractivity contribution in [2.75, 3.05) is 0 Å². The number of hydrogen-bond acceptors (Lipinski definition) is 1. The van der Waals surface area contributed by atoms with E-state index in [9.17, 15) is 13.2 Å². The summed E-state index contributed by atoms with van der Waals surface area (Å²) in [5, 5.41) is 3.08. The topological polar surface area (TPSA) is 12.0 Å². The second-order valence-corrected chi connectivity index (χ2v) is 5.74. The Morgan fingerprint density at radius 3 is 2.83 bits per heavy atom. The van der Waals surface area contributed by atoms with E-state index in [1.807, 2.05) is 18.2 Å². The van der Waals surface area contributed by atoms with Gasteiger partial charge in [-0.1, -0.05) is 22.0 Å². The van der Waals surface area contributed by atoms with E-state index in [-0.39, 0.29) is 6.04 Å². The lowest BCUT2D eigenvalue weighted by Gasteiger charge is -2.21. The van der Waals surface area contributed by atoms with Gasteiger partial charge < -0.3 is 5.32 Å². The number of hydrogen-bond donors (Lipinski definition) is 1. The van der Waals surface area contributed by atoms with Gasteiger partial charge in [-0.05, 0) is 43.0 Å². The first-order chi connectivity index (χ1) is 8.35. The number of rotatable bonds is 3. The maximum absolute atomic E-state index is 12.3. The van der Waals surface area contributed by atoms with E-state index < -0.39 is 18.6 Å². The summed E-state index contributed by atoms with van der Waals surface area (Å²) in [6.45, 7) is 1.59. The van der Waals surface area contributed by atoms with Gasteiger partial charge in [-0.3, -0.25) is 0 Å². The third-order valence-corrected chi connectivity index (χ3v) is 3.70. The van der Waals surface area contributed by atoms with Gasteiger partial charge in [-0.15, -0.1) is 0 Å².